The summed E-state index contributed by atoms with van der Waals surface area (Å²) >= 11 is 0. The molecule has 0 amide bonds. The number of methoxy groups -OCH3 is 3. The summed E-state index contributed by atoms with van der Waals surface area (Å²) in [5.41, 5.74) is 0.526. The second-order valence-corrected chi connectivity index (χ2v) is 7.60. The van der Waals surface area contributed by atoms with E-state index in [1.165, 1.54) is 33.5 Å². The lowest BCUT2D eigenvalue weighted by Gasteiger charge is -2.15. The standard InChI is InChI=1S/C17H20N2O7S/c1-24-15-9-17(26-3)16(25-2)7-11(15)10-18-13-6-5-12(27(4,22)23)8-14(13)19(20)21/h5-9,18H,10H2,1-4H3. The van der Waals surface area contributed by atoms with Crippen molar-refractivity contribution in [1.29, 1.82) is 0 Å². The lowest BCUT2D eigenvalue weighted by molar-refractivity contribution is -0.384. The van der Waals surface area contributed by atoms with Crippen molar-refractivity contribution in [3.8, 4) is 17.2 Å². The first-order valence-corrected chi connectivity index (χ1v) is 9.61. The van der Waals surface area contributed by atoms with E-state index in [-0.39, 0.29) is 22.8 Å². The number of nitro groups is 1. The Morgan fingerprint density at radius 3 is 2.11 bits per heavy atom. The average molecular weight is 396 g/mol. The molecule has 2 aromatic rings. The van der Waals surface area contributed by atoms with Crippen LogP contribution in [0.2, 0.25) is 0 Å². The van der Waals surface area contributed by atoms with Gasteiger partial charge in [0.1, 0.15) is 11.4 Å². The fraction of sp³-hybridized carbons (Fsp3) is 0.294. The molecule has 2 rings (SSSR count). The van der Waals surface area contributed by atoms with E-state index in [4.69, 9.17) is 14.2 Å². The molecule has 0 aliphatic rings. The molecule has 0 spiro atoms. The molecular formula is C17H20N2O7S. The normalized spacial score (nSPS) is 11.0. The van der Waals surface area contributed by atoms with Crippen molar-refractivity contribution < 1.29 is 27.6 Å². The summed E-state index contributed by atoms with van der Waals surface area (Å²) in [6.07, 6.45) is 0.994. The van der Waals surface area contributed by atoms with Gasteiger partial charge in [0.15, 0.2) is 21.3 Å². The van der Waals surface area contributed by atoms with Crippen LogP contribution in [0.15, 0.2) is 35.2 Å². The Hall–Kier alpha value is -3.01. The van der Waals surface area contributed by atoms with E-state index < -0.39 is 14.8 Å². The summed E-state index contributed by atoms with van der Waals surface area (Å²) in [5.74, 6) is 1.48. The Morgan fingerprint density at radius 2 is 1.59 bits per heavy atom. The maximum atomic E-state index is 11.6. The maximum absolute atomic E-state index is 11.6. The Kier molecular flexibility index (Phi) is 6.11. The third-order valence-corrected chi connectivity index (χ3v) is 4.96. The Bertz CT molecular complexity index is 958. The van der Waals surface area contributed by atoms with Gasteiger partial charge in [-0.25, -0.2) is 8.42 Å². The molecule has 0 saturated heterocycles. The number of anilines is 1. The van der Waals surface area contributed by atoms with Gasteiger partial charge in [0, 0.05) is 30.5 Å². The summed E-state index contributed by atoms with van der Waals surface area (Å²) < 4.78 is 39.1. The highest BCUT2D eigenvalue weighted by molar-refractivity contribution is 7.90. The third-order valence-electron chi connectivity index (χ3n) is 3.85. The van der Waals surface area contributed by atoms with Gasteiger partial charge in [-0.1, -0.05) is 0 Å². The van der Waals surface area contributed by atoms with Gasteiger partial charge in [0.05, 0.1) is 31.1 Å². The van der Waals surface area contributed by atoms with Gasteiger partial charge in [-0.15, -0.1) is 0 Å². The topological polar surface area (TPSA) is 117 Å². The third kappa shape index (κ3) is 4.59. The van der Waals surface area contributed by atoms with E-state index >= 15 is 0 Å². The van der Waals surface area contributed by atoms with E-state index in [0.717, 1.165) is 12.3 Å². The first kappa shape index (κ1) is 20.3. The zero-order chi connectivity index (χ0) is 20.2. The molecule has 0 unspecified atom stereocenters. The van der Waals surface area contributed by atoms with Gasteiger partial charge in [-0.3, -0.25) is 10.1 Å². The van der Waals surface area contributed by atoms with Gasteiger partial charge in [-0.2, -0.15) is 0 Å². The highest BCUT2D eigenvalue weighted by Gasteiger charge is 2.19. The van der Waals surface area contributed by atoms with Crippen molar-refractivity contribution in [2.24, 2.45) is 0 Å². The minimum Gasteiger partial charge on any atom is -0.496 e. The molecular weight excluding hydrogens is 376 g/mol. The number of nitrogens with zero attached hydrogens (tertiary/aromatic N) is 1. The van der Waals surface area contributed by atoms with Crippen molar-refractivity contribution >= 4 is 21.2 Å². The van der Waals surface area contributed by atoms with E-state index in [2.05, 4.69) is 5.32 Å². The molecule has 9 nitrogen and oxygen atoms in total. The van der Waals surface area contributed by atoms with Crippen molar-refractivity contribution in [1.82, 2.24) is 0 Å². The fourth-order valence-electron chi connectivity index (χ4n) is 2.46. The summed E-state index contributed by atoms with van der Waals surface area (Å²) in [7, 11) is 0.940. The molecule has 146 valence electrons. The van der Waals surface area contributed by atoms with Crippen LogP contribution in [0.3, 0.4) is 0 Å². The van der Waals surface area contributed by atoms with Crippen LogP contribution < -0.4 is 19.5 Å². The summed E-state index contributed by atoms with van der Waals surface area (Å²) in [6.45, 7) is 0.183. The number of sulfone groups is 1. The Morgan fingerprint density at radius 1 is 1.00 bits per heavy atom. The first-order valence-electron chi connectivity index (χ1n) is 7.72. The van der Waals surface area contributed by atoms with E-state index in [0.29, 0.717) is 22.8 Å². The van der Waals surface area contributed by atoms with E-state index in [9.17, 15) is 18.5 Å². The molecule has 0 fully saturated rings. The number of hydrogen-bond donors (Lipinski definition) is 1. The molecule has 0 radical (unpaired) electrons. The lowest BCUT2D eigenvalue weighted by atomic mass is 10.1. The van der Waals surface area contributed by atoms with Crippen LogP contribution in [0.5, 0.6) is 17.2 Å². The number of nitro benzene ring substituents is 1. The van der Waals surface area contributed by atoms with Gasteiger partial charge < -0.3 is 19.5 Å². The van der Waals surface area contributed by atoms with E-state index in [1.807, 2.05) is 0 Å². The smallest absolute Gasteiger partial charge is 0.293 e. The Balaban J connectivity index is 2.37. The second kappa shape index (κ2) is 8.12. The zero-order valence-corrected chi connectivity index (χ0v) is 16.1. The minimum atomic E-state index is -3.55. The van der Waals surface area contributed by atoms with Gasteiger partial charge in [-0.05, 0) is 18.2 Å². The molecule has 1 N–H and O–H groups in total. The molecule has 0 aliphatic heterocycles. The van der Waals surface area contributed by atoms with Crippen LogP contribution >= 0.6 is 0 Å². The van der Waals surface area contributed by atoms with Crippen LogP contribution in [0.1, 0.15) is 5.56 Å². The van der Waals surface area contributed by atoms with Crippen LogP contribution in [-0.4, -0.2) is 40.9 Å². The first-order chi connectivity index (χ1) is 12.7. The van der Waals surface area contributed by atoms with Crippen LogP contribution in [-0.2, 0) is 16.4 Å². The molecule has 10 heteroatoms. The minimum absolute atomic E-state index is 0.122. The monoisotopic (exact) mass is 396 g/mol. The summed E-state index contributed by atoms with van der Waals surface area (Å²) in [4.78, 5) is 10.6. The van der Waals surface area contributed by atoms with Crippen molar-refractivity contribution in [2.45, 2.75) is 11.4 Å². The Labute approximate surface area is 156 Å². The van der Waals surface area contributed by atoms with Crippen molar-refractivity contribution in [2.75, 3.05) is 32.9 Å². The number of hydrogen-bond acceptors (Lipinski definition) is 8. The van der Waals surface area contributed by atoms with E-state index in [1.54, 1.807) is 12.1 Å². The van der Waals surface area contributed by atoms with Crippen LogP contribution in [0.4, 0.5) is 11.4 Å². The van der Waals surface area contributed by atoms with Crippen molar-refractivity contribution in [3.63, 3.8) is 0 Å². The molecule has 0 aromatic heterocycles. The molecule has 2 aromatic carbocycles. The highest BCUT2D eigenvalue weighted by Crippen LogP contribution is 2.35. The predicted molar refractivity (Wildman–Crippen MR) is 99.6 cm³/mol. The van der Waals surface area contributed by atoms with Crippen LogP contribution in [0.25, 0.3) is 0 Å². The molecule has 0 bridgehead atoms. The number of rotatable bonds is 8. The zero-order valence-electron chi connectivity index (χ0n) is 15.3. The van der Waals surface area contributed by atoms with Crippen molar-refractivity contribution in [3.05, 3.63) is 46.0 Å². The molecule has 0 heterocycles. The largest absolute Gasteiger partial charge is 0.496 e. The second-order valence-electron chi connectivity index (χ2n) is 5.58. The molecule has 0 saturated carbocycles. The van der Waals surface area contributed by atoms with Gasteiger partial charge in [0.25, 0.3) is 5.69 Å². The average Bonchev–Trinajstić information content (AvgIpc) is 2.64. The number of benzene rings is 2. The van der Waals surface area contributed by atoms with Gasteiger partial charge >= 0.3 is 0 Å². The lowest BCUT2D eigenvalue weighted by Crippen LogP contribution is -2.06. The highest BCUT2D eigenvalue weighted by atomic mass is 32.2. The van der Waals surface area contributed by atoms with Crippen LogP contribution in [0, 0.1) is 10.1 Å². The quantitative estimate of drug-likeness (QED) is 0.534. The predicted octanol–water partition coefficient (Wildman–Crippen LogP) is 2.64. The number of ether oxygens (including phenoxy) is 3. The molecule has 0 aliphatic carbocycles. The molecule has 0 atom stereocenters. The summed E-state index contributed by atoms with van der Waals surface area (Å²) in [6, 6.07) is 7.06. The molecule has 27 heavy (non-hydrogen) atoms. The summed E-state index contributed by atoms with van der Waals surface area (Å²) in [5, 5.41) is 14.3. The SMILES string of the molecule is COc1cc(OC)c(OC)cc1CNc1ccc(S(C)(=O)=O)cc1[N+](=O)[O-]. The fourth-order valence-corrected chi connectivity index (χ4v) is 3.10. The maximum Gasteiger partial charge on any atom is 0.293 e. The number of nitrogens with one attached hydrogen (secondary N) is 1. The van der Waals surface area contributed by atoms with Gasteiger partial charge in [0.2, 0.25) is 0 Å².